The van der Waals surface area contributed by atoms with E-state index in [4.69, 9.17) is 5.11 Å². The number of hydrogen-bond donors (Lipinski definition) is 2. The van der Waals surface area contributed by atoms with Gasteiger partial charge in [-0.25, -0.2) is 0 Å². The van der Waals surface area contributed by atoms with Crippen LogP contribution in [-0.2, 0) is 11.2 Å². The van der Waals surface area contributed by atoms with Crippen molar-refractivity contribution in [2.45, 2.75) is 12.5 Å². The van der Waals surface area contributed by atoms with Crippen molar-refractivity contribution in [3.63, 3.8) is 0 Å². The third kappa shape index (κ3) is 3.44. The molecule has 0 amide bonds. The summed E-state index contributed by atoms with van der Waals surface area (Å²) in [6.45, 7) is 1.93. The van der Waals surface area contributed by atoms with Gasteiger partial charge in [-0.3, -0.25) is 9.88 Å². The Morgan fingerprint density at radius 2 is 2.14 bits per heavy atom. The van der Waals surface area contributed by atoms with Crippen LogP contribution >= 0.6 is 8.73 Å². The van der Waals surface area contributed by atoms with Crippen LogP contribution in [0.1, 0.15) is 5.56 Å². The zero-order chi connectivity index (χ0) is 10.4. The quantitative estimate of drug-likeness (QED) is 0.725. The SMILES string of the molecule is CPN[C@@H](Cc1ccccc1)C(=O)O. The van der Waals surface area contributed by atoms with Gasteiger partial charge in [0, 0.05) is 0 Å². The van der Waals surface area contributed by atoms with Gasteiger partial charge in [0.2, 0.25) is 0 Å². The highest BCUT2D eigenvalue weighted by molar-refractivity contribution is 7.34. The number of benzene rings is 1. The molecule has 0 spiro atoms. The number of aliphatic carboxylic acids is 1. The Morgan fingerprint density at radius 1 is 1.50 bits per heavy atom. The molecule has 0 aliphatic heterocycles. The van der Waals surface area contributed by atoms with E-state index in [0.717, 1.165) is 5.56 Å². The highest BCUT2D eigenvalue weighted by Crippen LogP contribution is 2.07. The minimum atomic E-state index is -0.789. The molecule has 2 N–H and O–H groups in total. The van der Waals surface area contributed by atoms with E-state index in [1.807, 2.05) is 37.0 Å². The summed E-state index contributed by atoms with van der Waals surface area (Å²) in [5, 5.41) is 11.9. The molecule has 3 nitrogen and oxygen atoms in total. The summed E-state index contributed by atoms with van der Waals surface area (Å²) in [5.41, 5.74) is 1.05. The van der Waals surface area contributed by atoms with Crippen LogP contribution in [0.25, 0.3) is 0 Å². The Morgan fingerprint density at radius 3 is 2.64 bits per heavy atom. The van der Waals surface area contributed by atoms with Crippen molar-refractivity contribution < 1.29 is 9.90 Å². The van der Waals surface area contributed by atoms with Gasteiger partial charge in [0.15, 0.2) is 0 Å². The van der Waals surface area contributed by atoms with Crippen LogP contribution in [0.2, 0.25) is 0 Å². The molecule has 0 fully saturated rings. The predicted molar refractivity (Wildman–Crippen MR) is 58.9 cm³/mol. The number of carboxylic acid groups (broad SMARTS) is 1. The second-order valence-corrected chi connectivity index (χ2v) is 3.76. The number of rotatable bonds is 5. The van der Waals surface area contributed by atoms with Crippen molar-refractivity contribution in [1.82, 2.24) is 5.09 Å². The van der Waals surface area contributed by atoms with Crippen molar-refractivity contribution in [2.24, 2.45) is 0 Å². The van der Waals surface area contributed by atoms with Crippen LogP contribution in [0.3, 0.4) is 0 Å². The molecule has 2 atom stereocenters. The predicted octanol–water partition coefficient (Wildman–Crippen LogP) is 1.50. The van der Waals surface area contributed by atoms with E-state index in [2.05, 4.69) is 5.09 Å². The largest absolute Gasteiger partial charge is 0.480 e. The molecular weight excluding hydrogens is 197 g/mol. The van der Waals surface area contributed by atoms with E-state index in [9.17, 15) is 4.79 Å². The third-order valence-electron chi connectivity index (χ3n) is 1.90. The zero-order valence-corrected chi connectivity index (χ0v) is 9.03. The molecule has 0 aliphatic rings. The molecule has 1 rings (SSSR count). The van der Waals surface area contributed by atoms with Gasteiger partial charge in [-0.1, -0.05) is 39.1 Å². The lowest BCUT2D eigenvalue weighted by Crippen LogP contribution is -2.33. The van der Waals surface area contributed by atoms with E-state index in [0.29, 0.717) is 15.2 Å². The Balaban J connectivity index is 2.60. The lowest BCUT2D eigenvalue weighted by atomic mass is 10.1. The average molecular weight is 211 g/mol. The van der Waals surface area contributed by atoms with Crippen molar-refractivity contribution in [2.75, 3.05) is 6.66 Å². The first-order valence-electron chi connectivity index (χ1n) is 4.43. The fourth-order valence-electron chi connectivity index (χ4n) is 1.22. The van der Waals surface area contributed by atoms with Crippen LogP contribution in [0.15, 0.2) is 30.3 Å². The van der Waals surface area contributed by atoms with Crippen LogP contribution in [0, 0.1) is 0 Å². The molecule has 0 heterocycles. The third-order valence-corrected chi connectivity index (χ3v) is 2.54. The number of carboxylic acids is 1. The molecule has 1 unspecified atom stereocenters. The smallest absolute Gasteiger partial charge is 0.321 e. The molecule has 0 aliphatic carbocycles. The van der Waals surface area contributed by atoms with Gasteiger partial charge in [0.05, 0.1) is 0 Å². The van der Waals surface area contributed by atoms with E-state index in [1.54, 1.807) is 0 Å². The second-order valence-electron chi connectivity index (χ2n) is 2.97. The highest BCUT2D eigenvalue weighted by Gasteiger charge is 2.15. The lowest BCUT2D eigenvalue weighted by molar-refractivity contribution is -0.138. The van der Waals surface area contributed by atoms with Gasteiger partial charge in [0.1, 0.15) is 6.04 Å². The topological polar surface area (TPSA) is 49.3 Å². The van der Waals surface area contributed by atoms with Crippen LogP contribution < -0.4 is 5.09 Å². The molecule has 14 heavy (non-hydrogen) atoms. The summed E-state index contributed by atoms with van der Waals surface area (Å²) < 4.78 is 0. The molecular formula is C10H14NO2P. The molecule has 0 radical (unpaired) electrons. The molecule has 0 bridgehead atoms. The number of hydrogen-bond acceptors (Lipinski definition) is 2. The monoisotopic (exact) mass is 211 g/mol. The Kier molecular flexibility index (Phi) is 4.57. The number of nitrogens with one attached hydrogen (secondary N) is 1. The standard InChI is InChI=1S/C10H14NO2P/c1-14-11-9(10(12)13)7-8-5-3-2-4-6-8/h2-6,9,11,14H,7H2,1H3,(H,12,13)/t9-/m0/s1. The van der Waals surface area contributed by atoms with E-state index < -0.39 is 12.0 Å². The highest BCUT2D eigenvalue weighted by atomic mass is 31.1. The summed E-state index contributed by atoms with van der Waals surface area (Å²) in [6.07, 6.45) is 0.539. The summed E-state index contributed by atoms with van der Waals surface area (Å²) in [4.78, 5) is 10.8. The minimum Gasteiger partial charge on any atom is -0.480 e. The van der Waals surface area contributed by atoms with Crippen molar-refractivity contribution >= 4 is 14.7 Å². The number of carbonyl (C=O) groups is 1. The summed E-state index contributed by atoms with van der Waals surface area (Å²) in [7, 11) is 0.452. The van der Waals surface area contributed by atoms with Gasteiger partial charge < -0.3 is 5.11 Å². The van der Waals surface area contributed by atoms with Crippen molar-refractivity contribution in [3.8, 4) is 0 Å². The Hall–Kier alpha value is -0.920. The maximum atomic E-state index is 10.8. The van der Waals surface area contributed by atoms with Gasteiger partial charge in [-0.05, 0) is 18.6 Å². The maximum absolute atomic E-state index is 10.8. The van der Waals surface area contributed by atoms with E-state index >= 15 is 0 Å². The first-order chi connectivity index (χ1) is 6.74. The van der Waals surface area contributed by atoms with E-state index in [-0.39, 0.29) is 0 Å². The van der Waals surface area contributed by atoms with Gasteiger partial charge in [-0.15, -0.1) is 0 Å². The van der Waals surface area contributed by atoms with E-state index in [1.165, 1.54) is 0 Å². The summed E-state index contributed by atoms with van der Waals surface area (Å²) in [5.74, 6) is -0.789. The molecule has 1 aromatic rings. The van der Waals surface area contributed by atoms with Crippen molar-refractivity contribution in [3.05, 3.63) is 35.9 Å². The fraction of sp³-hybridized carbons (Fsp3) is 0.300. The maximum Gasteiger partial charge on any atom is 0.321 e. The first kappa shape index (κ1) is 11.2. The first-order valence-corrected chi connectivity index (χ1v) is 5.93. The molecule has 0 saturated carbocycles. The van der Waals surface area contributed by atoms with Gasteiger partial charge >= 0.3 is 5.97 Å². The molecule has 4 heteroatoms. The lowest BCUT2D eigenvalue weighted by Gasteiger charge is -2.12. The molecule has 76 valence electrons. The molecule has 1 aromatic carbocycles. The van der Waals surface area contributed by atoms with Crippen molar-refractivity contribution in [1.29, 1.82) is 0 Å². The Bertz CT molecular complexity index is 289. The summed E-state index contributed by atoms with van der Waals surface area (Å²) >= 11 is 0. The average Bonchev–Trinajstić information content (AvgIpc) is 2.18. The fourth-order valence-corrected chi connectivity index (χ4v) is 1.80. The van der Waals surface area contributed by atoms with Gasteiger partial charge in [-0.2, -0.15) is 0 Å². The molecule has 0 aromatic heterocycles. The zero-order valence-electron chi connectivity index (χ0n) is 8.03. The van der Waals surface area contributed by atoms with Gasteiger partial charge in [0.25, 0.3) is 0 Å². The Labute approximate surface area is 85.4 Å². The molecule has 0 saturated heterocycles. The van der Waals surface area contributed by atoms with Crippen LogP contribution in [0.5, 0.6) is 0 Å². The van der Waals surface area contributed by atoms with Crippen LogP contribution in [-0.4, -0.2) is 23.8 Å². The minimum absolute atomic E-state index is 0.452. The normalized spacial score (nSPS) is 13.2. The second kappa shape index (κ2) is 5.74. The summed E-state index contributed by atoms with van der Waals surface area (Å²) in [6, 6.07) is 9.17. The van der Waals surface area contributed by atoms with Crippen LogP contribution in [0.4, 0.5) is 0 Å².